The van der Waals surface area contributed by atoms with Gasteiger partial charge in [0.1, 0.15) is 5.75 Å². The molecular formula is C18H21ClN4O3. The number of carbonyl (C=O) groups is 2. The highest BCUT2D eigenvalue weighted by atomic mass is 35.5. The predicted octanol–water partition coefficient (Wildman–Crippen LogP) is 2.59. The smallest absolute Gasteiger partial charge is 0.255 e. The molecule has 0 radical (unpaired) electrons. The van der Waals surface area contributed by atoms with Crippen molar-refractivity contribution in [3.8, 4) is 5.75 Å². The van der Waals surface area contributed by atoms with Crippen molar-refractivity contribution < 1.29 is 14.3 Å². The normalized spacial score (nSPS) is 16.1. The third-order valence-corrected chi connectivity index (χ3v) is 4.71. The standard InChI is InChI=1S/C18H21ClN4O3/c1-3-6-23-10(2)17-12(8-16(25)21-18(17)22-23)11-4-5-14(13(19)7-11)26-9-15(20)24/h4-5,7,12H,3,6,8-9H2,1-2H3,(H2,20,24)(H,21,22,25)/t12-/m1/s1. The summed E-state index contributed by atoms with van der Waals surface area (Å²) in [6, 6.07) is 5.31. The van der Waals surface area contributed by atoms with Crippen LogP contribution in [0.5, 0.6) is 5.75 Å². The molecule has 0 bridgehead atoms. The summed E-state index contributed by atoms with van der Waals surface area (Å²) in [5, 5.41) is 7.76. The number of amides is 2. The summed E-state index contributed by atoms with van der Waals surface area (Å²) in [5.41, 5.74) is 8.04. The van der Waals surface area contributed by atoms with E-state index in [4.69, 9.17) is 22.1 Å². The van der Waals surface area contributed by atoms with Crippen molar-refractivity contribution in [2.75, 3.05) is 11.9 Å². The first kappa shape index (κ1) is 18.3. The van der Waals surface area contributed by atoms with Crippen molar-refractivity contribution in [1.29, 1.82) is 0 Å². The van der Waals surface area contributed by atoms with Gasteiger partial charge in [-0.15, -0.1) is 0 Å². The Labute approximate surface area is 156 Å². The second kappa shape index (κ2) is 7.37. The van der Waals surface area contributed by atoms with Crippen molar-refractivity contribution in [3.63, 3.8) is 0 Å². The van der Waals surface area contributed by atoms with E-state index in [0.29, 0.717) is 23.0 Å². The Morgan fingerprint density at radius 2 is 2.27 bits per heavy atom. The van der Waals surface area contributed by atoms with Crippen LogP contribution in [0.4, 0.5) is 5.82 Å². The molecular weight excluding hydrogens is 356 g/mol. The van der Waals surface area contributed by atoms with E-state index in [0.717, 1.165) is 29.8 Å². The fourth-order valence-electron chi connectivity index (χ4n) is 3.25. The largest absolute Gasteiger partial charge is 0.482 e. The second-order valence-corrected chi connectivity index (χ2v) is 6.73. The van der Waals surface area contributed by atoms with Crippen molar-refractivity contribution in [3.05, 3.63) is 40.0 Å². The summed E-state index contributed by atoms with van der Waals surface area (Å²) >= 11 is 6.29. The van der Waals surface area contributed by atoms with Crippen LogP contribution >= 0.6 is 11.6 Å². The van der Waals surface area contributed by atoms with E-state index in [1.165, 1.54) is 0 Å². The van der Waals surface area contributed by atoms with Gasteiger partial charge in [0.25, 0.3) is 5.91 Å². The highest BCUT2D eigenvalue weighted by Gasteiger charge is 2.32. The van der Waals surface area contributed by atoms with Crippen LogP contribution in [-0.4, -0.2) is 28.2 Å². The summed E-state index contributed by atoms with van der Waals surface area (Å²) in [6.45, 7) is 4.65. The van der Waals surface area contributed by atoms with Crippen LogP contribution in [0.25, 0.3) is 0 Å². The minimum absolute atomic E-state index is 0.0752. The number of rotatable bonds is 6. The number of aryl methyl sites for hydroxylation is 1. The fraction of sp³-hybridized carbons (Fsp3) is 0.389. The van der Waals surface area contributed by atoms with E-state index >= 15 is 0 Å². The number of anilines is 1. The Morgan fingerprint density at radius 1 is 1.50 bits per heavy atom. The number of primary amides is 1. The minimum atomic E-state index is -0.572. The number of hydrogen-bond acceptors (Lipinski definition) is 4. The molecule has 1 aromatic heterocycles. The van der Waals surface area contributed by atoms with Gasteiger partial charge in [-0.2, -0.15) is 5.10 Å². The number of fused-ring (bicyclic) bond motifs is 1. The van der Waals surface area contributed by atoms with Crippen LogP contribution in [0.2, 0.25) is 5.02 Å². The molecule has 0 saturated heterocycles. The number of ether oxygens (including phenoxy) is 1. The first-order valence-electron chi connectivity index (χ1n) is 8.48. The van der Waals surface area contributed by atoms with Crippen molar-refractivity contribution in [1.82, 2.24) is 9.78 Å². The Bertz CT molecular complexity index is 862. The highest BCUT2D eigenvalue weighted by Crippen LogP contribution is 2.40. The van der Waals surface area contributed by atoms with Gasteiger partial charge in [0.05, 0.1) is 5.02 Å². The van der Waals surface area contributed by atoms with Crippen molar-refractivity contribution in [2.45, 2.75) is 39.2 Å². The van der Waals surface area contributed by atoms with E-state index in [1.54, 1.807) is 12.1 Å². The van der Waals surface area contributed by atoms with E-state index < -0.39 is 5.91 Å². The third-order valence-electron chi connectivity index (χ3n) is 4.41. The van der Waals surface area contributed by atoms with E-state index in [9.17, 15) is 9.59 Å². The number of nitrogens with one attached hydrogen (secondary N) is 1. The maximum Gasteiger partial charge on any atom is 0.255 e. The maximum atomic E-state index is 12.1. The van der Waals surface area contributed by atoms with Gasteiger partial charge < -0.3 is 15.8 Å². The van der Waals surface area contributed by atoms with Gasteiger partial charge >= 0.3 is 0 Å². The second-order valence-electron chi connectivity index (χ2n) is 6.32. The molecule has 1 aromatic carbocycles. The SMILES string of the molecule is CCCn1nc2c(c1C)[C@@H](c1ccc(OCC(N)=O)c(Cl)c1)CC(=O)N2. The fourth-order valence-corrected chi connectivity index (χ4v) is 3.50. The molecule has 3 N–H and O–H groups in total. The summed E-state index contributed by atoms with van der Waals surface area (Å²) in [5.74, 6) is 0.217. The zero-order chi connectivity index (χ0) is 18.8. The number of benzene rings is 1. The van der Waals surface area contributed by atoms with Crippen molar-refractivity contribution >= 4 is 29.2 Å². The highest BCUT2D eigenvalue weighted by molar-refractivity contribution is 6.32. The maximum absolute atomic E-state index is 12.1. The molecule has 7 nitrogen and oxygen atoms in total. The number of carbonyl (C=O) groups excluding carboxylic acids is 2. The van der Waals surface area contributed by atoms with Gasteiger partial charge in [-0.1, -0.05) is 24.6 Å². The lowest BCUT2D eigenvalue weighted by molar-refractivity contribution is -0.120. The first-order valence-corrected chi connectivity index (χ1v) is 8.86. The summed E-state index contributed by atoms with van der Waals surface area (Å²) in [4.78, 5) is 23.0. The van der Waals surface area contributed by atoms with Gasteiger partial charge in [0, 0.05) is 30.1 Å². The number of nitrogens with two attached hydrogens (primary N) is 1. The molecule has 0 spiro atoms. The Morgan fingerprint density at radius 3 is 2.92 bits per heavy atom. The molecule has 2 heterocycles. The van der Waals surface area contributed by atoms with Crippen LogP contribution in [0.15, 0.2) is 18.2 Å². The number of halogens is 1. The minimum Gasteiger partial charge on any atom is -0.482 e. The zero-order valence-corrected chi connectivity index (χ0v) is 15.5. The number of nitrogens with zero attached hydrogens (tertiary/aromatic N) is 2. The lowest BCUT2D eigenvalue weighted by Gasteiger charge is -2.23. The average molecular weight is 377 g/mol. The number of aromatic nitrogens is 2. The van der Waals surface area contributed by atoms with Gasteiger partial charge in [-0.3, -0.25) is 14.3 Å². The molecule has 1 aliphatic heterocycles. The molecule has 138 valence electrons. The average Bonchev–Trinajstić information content (AvgIpc) is 2.89. The summed E-state index contributed by atoms with van der Waals surface area (Å²) in [6.07, 6.45) is 1.28. The first-order chi connectivity index (χ1) is 12.4. The topological polar surface area (TPSA) is 99.2 Å². The predicted molar refractivity (Wildman–Crippen MR) is 98.5 cm³/mol. The zero-order valence-electron chi connectivity index (χ0n) is 14.7. The van der Waals surface area contributed by atoms with Crippen molar-refractivity contribution in [2.24, 2.45) is 5.73 Å². The van der Waals surface area contributed by atoms with Crippen LogP contribution < -0.4 is 15.8 Å². The molecule has 2 aromatic rings. The summed E-state index contributed by atoms with van der Waals surface area (Å²) < 4.78 is 7.21. The van der Waals surface area contributed by atoms with E-state index in [2.05, 4.69) is 17.3 Å². The molecule has 0 unspecified atom stereocenters. The monoisotopic (exact) mass is 376 g/mol. The lowest BCUT2D eigenvalue weighted by Crippen LogP contribution is -2.23. The molecule has 0 fully saturated rings. The van der Waals surface area contributed by atoms with Gasteiger partial charge in [-0.25, -0.2) is 0 Å². The molecule has 26 heavy (non-hydrogen) atoms. The van der Waals surface area contributed by atoms with E-state index in [-0.39, 0.29) is 18.4 Å². The molecule has 3 rings (SSSR count). The van der Waals surface area contributed by atoms with Gasteiger partial charge in [0.2, 0.25) is 5.91 Å². The lowest BCUT2D eigenvalue weighted by atomic mass is 9.86. The van der Waals surface area contributed by atoms with Crippen LogP contribution in [0.3, 0.4) is 0 Å². The van der Waals surface area contributed by atoms with E-state index in [1.807, 2.05) is 17.7 Å². The third kappa shape index (κ3) is 3.53. The van der Waals surface area contributed by atoms with Crippen LogP contribution in [0, 0.1) is 6.92 Å². The Hall–Kier alpha value is -2.54. The Kier molecular flexibility index (Phi) is 5.18. The molecule has 0 saturated carbocycles. The van der Waals surface area contributed by atoms with Gasteiger partial charge in [-0.05, 0) is 31.0 Å². The Balaban J connectivity index is 1.96. The number of hydrogen-bond donors (Lipinski definition) is 2. The molecule has 2 amide bonds. The van der Waals surface area contributed by atoms with Gasteiger partial charge in [0.15, 0.2) is 12.4 Å². The molecule has 1 aliphatic rings. The molecule has 1 atom stereocenters. The summed E-state index contributed by atoms with van der Waals surface area (Å²) in [7, 11) is 0. The molecule has 0 aliphatic carbocycles. The van der Waals surface area contributed by atoms with Crippen LogP contribution in [-0.2, 0) is 16.1 Å². The quantitative estimate of drug-likeness (QED) is 0.809. The van der Waals surface area contributed by atoms with Crippen LogP contribution in [0.1, 0.15) is 42.5 Å². The molecule has 8 heteroatoms.